The van der Waals surface area contributed by atoms with Gasteiger partial charge in [0.25, 0.3) is 0 Å². The topological polar surface area (TPSA) is 18.5 Å². The Morgan fingerprint density at radius 1 is 0.485 bits per heavy atom. The molecule has 4 aromatic rings. The van der Waals surface area contributed by atoms with Crippen molar-refractivity contribution in [1.82, 2.24) is 0 Å². The summed E-state index contributed by atoms with van der Waals surface area (Å²) in [6.45, 7) is 12.8. The van der Waals surface area contributed by atoms with E-state index < -0.39 is 0 Å². The molecule has 0 bridgehead atoms. The molecule has 0 spiro atoms. The Balaban J connectivity index is 1.49. The first-order valence-corrected chi connectivity index (χ1v) is 11.4. The summed E-state index contributed by atoms with van der Waals surface area (Å²) in [4.78, 5) is 0. The summed E-state index contributed by atoms with van der Waals surface area (Å²) < 4.78 is 12.2. The highest BCUT2D eigenvalue weighted by Crippen LogP contribution is 2.35. The molecule has 0 aromatic heterocycles. The van der Waals surface area contributed by atoms with E-state index >= 15 is 0 Å². The van der Waals surface area contributed by atoms with Crippen molar-refractivity contribution >= 4 is 0 Å². The molecule has 0 aliphatic heterocycles. The molecule has 0 N–H and O–H groups in total. The molecule has 0 aliphatic rings. The van der Waals surface area contributed by atoms with E-state index in [-0.39, 0.29) is 5.41 Å². The van der Waals surface area contributed by atoms with E-state index in [0.717, 1.165) is 34.1 Å². The van der Waals surface area contributed by atoms with Gasteiger partial charge >= 0.3 is 0 Å². The number of aryl methyl sites for hydroxylation is 4. The van der Waals surface area contributed by atoms with Crippen LogP contribution in [0.3, 0.4) is 0 Å². The highest BCUT2D eigenvalue weighted by atomic mass is 16.5. The molecular formula is C31H32O2. The zero-order chi connectivity index (χ0) is 23.6. The van der Waals surface area contributed by atoms with Crippen LogP contribution in [0.1, 0.15) is 47.2 Å². The van der Waals surface area contributed by atoms with Gasteiger partial charge in [-0.2, -0.15) is 0 Å². The minimum absolute atomic E-state index is 0.142. The summed E-state index contributed by atoms with van der Waals surface area (Å²) in [5, 5.41) is 0. The number of hydrogen-bond acceptors (Lipinski definition) is 2. The van der Waals surface area contributed by atoms with Crippen molar-refractivity contribution in [2.24, 2.45) is 0 Å². The summed E-state index contributed by atoms with van der Waals surface area (Å²) in [5.74, 6) is 3.48. The SMILES string of the molecule is Cc1ccc(Oc2ccc(C(C)(C)c3ccc(Oc4ccc(C)cc4C)cc3)cc2)c(C)c1. The maximum Gasteiger partial charge on any atom is 0.130 e. The van der Waals surface area contributed by atoms with Crippen molar-refractivity contribution in [2.45, 2.75) is 47.0 Å². The second kappa shape index (κ2) is 9.15. The Hall–Kier alpha value is -3.52. The van der Waals surface area contributed by atoms with Gasteiger partial charge in [-0.15, -0.1) is 0 Å². The molecule has 0 saturated carbocycles. The number of rotatable bonds is 6. The van der Waals surface area contributed by atoms with E-state index in [2.05, 4.69) is 90.1 Å². The van der Waals surface area contributed by atoms with Crippen molar-refractivity contribution < 1.29 is 9.47 Å². The van der Waals surface area contributed by atoms with Crippen LogP contribution in [-0.4, -0.2) is 0 Å². The lowest BCUT2D eigenvalue weighted by Gasteiger charge is -2.26. The molecule has 0 unspecified atom stereocenters. The zero-order valence-corrected chi connectivity index (χ0v) is 20.4. The average Bonchev–Trinajstić information content (AvgIpc) is 2.78. The van der Waals surface area contributed by atoms with E-state index in [1.165, 1.54) is 22.3 Å². The number of ether oxygens (including phenoxy) is 2. The van der Waals surface area contributed by atoms with Crippen LogP contribution in [-0.2, 0) is 5.41 Å². The van der Waals surface area contributed by atoms with Crippen LogP contribution in [0.2, 0.25) is 0 Å². The highest BCUT2D eigenvalue weighted by molar-refractivity contribution is 5.45. The van der Waals surface area contributed by atoms with Crippen molar-refractivity contribution in [1.29, 1.82) is 0 Å². The summed E-state index contributed by atoms with van der Waals surface area (Å²) in [6.07, 6.45) is 0. The van der Waals surface area contributed by atoms with Crippen LogP contribution in [0.4, 0.5) is 0 Å². The summed E-state index contributed by atoms with van der Waals surface area (Å²) in [6, 6.07) is 29.3. The standard InChI is InChI=1S/C31H32O2/c1-21-7-17-29(23(3)19-21)32-27-13-9-25(10-14-27)31(5,6)26-11-15-28(16-12-26)33-30-18-8-22(2)20-24(30)4/h7-20H,1-6H3. The summed E-state index contributed by atoms with van der Waals surface area (Å²) >= 11 is 0. The van der Waals surface area contributed by atoms with E-state index in [9.17, 15) is 0 Å². The lowest BCUT2D eigenvalue weighted by Crippen LogP contribution is -2.18. The largest absolute Gasteiger partial charge is 0.457 e. The average molecular weight is 437 g/mol. The Morgan fingerprint density at radius 3 is 1.18 bits per heavy atom. The first-order chi connectivity index (χ1) is 15.7. The molecule has 33 heavy (non-hydrogen) atoms. The molecule has 2 nitrogen and oxygen atoms in total. The monoisotopic (exact) mass is 436 g/mol. The molecule has 2 heteroatoms. The smallest absolute Gasteiger partial charge is 0.130 e. The fraction of sp³-hybridized carbons (Fsp3) is 0.226. The Bertz CT molecular complexity index is 1150. The normalized spacial score (nSPS) is 11.3. The maximum absolute atomic E-state index is 6.11. The minimum Gasteiger partial charge on any atom is -0.457 e. The van der Waals surface area contributed by atoms with Gasteiger partial charge in [0, 0.05) is 5.41 Å². The third kappa shape index (κ3) is 5.12. The van der Waals surface area contributed by atoms with Crippen molar-refractivity contribution in [3.63, 3.8) is 0 Å². The number of benzene rings is 4. The van der Waals surface area contributed by atoms with Crippen LogP contribution < -0.4 is 9.47 Å². The molecule has 0 fully saturated rings. The van der Waals surface area contributed by atoms with Crippen molar-refractivity contribution in [3.8, 4) is 23.0 Å². The lowest BCUT2D eigenvalue weighted by atomic mass is 9.78. The van der Waals surface area contributed by atoms with E-state index in [1.54, 1.807) is 0 Å². The quantitative estimate of drug-likeness (QED) is 0.300. The van der Waals surface area contributed by atoms with Gasteiger partial charge in [-0.05, 0) is 86.3 Å². The predicted octanol–water partition coefficient (Wildman–Crippen LogP) is 8.83. The second-order valence-corrected chi connectivity index (χ2v) is 9.42. The van der Waals surface area contributed by atoms with E-state index in [0.29, 0.717) is 0 Å². The van der Waals surface area contributed by atoms with Gasteiger partial charge < -0.3 is 9.47 Å². The summed E-state index contributed by atoms with van der Waals surface area (Å²) in [7, 11) is 0. The second-order valence-electron chi connectivity index (χ2n) is 9.42. The zero-order valence-electron chi connectivity index (χ0n) is 20.4. The van der Waals surface area contributed by atoms with Crippen LogP contribution in [0.25, 0.3) is 0 Å². The first-order valence-electron chi connectivity index (χ1n) is 11.4. The Labute approximate surface area is 197 Å². The third-order valence-electron chi connectivity index (χ3n) is 6.27. The number of hydrogen-bond donors (Lipinski definition) is 0. The van der Waals surface area contributed by atoms with Gasteiger partial charge in [0.2, 0.25) is 0 Å². The lowest BCUT2D eigenvalue weighted by molar-refractivity contribution is 0.477. The van der Waals surface area contributed by atoms with E-state index in [4.69, 9.17) is 9.47 Å². The van der Waals surface area contributed by atoms with Gasteiger partial charge in [0.1, 0.15) is 23.0 Å². The molecule has 168 valence electrons. The highest BCUT2D eigenvalue weighted by Gasteiger charge is 2.23. The van der Waals surface area contributed by atoms with Gasteiger partial charge in [0.05, 0.1) is 0 Å². The van der Waals surface area contributed by atoms with E-state index in [1.807, 2.05) is 36.4 Å². The fourth-order valence-electron chi connectivity index (χ4n) is 4.13. The van der Waals surface area contributed by atoms with Gasteiger partial charge in [-0.1, -0.05) is 73.5 Å². The molecule has 0 atom stereocenters. The molecule has 0 saturated heterocycles. The van der Waals surface area contributed by atoms with Crippen LogP contribution in [0, 0.1) is 27.7 Å². The Kier molecular flexibility index (Phi) is 6.29. The van der Waals surface area contributed by atoms with Crippen molar-refractivity contribution in [2.75, 3.05) is 0 Å². The van der Waals surface area contributed by atoms with Gasteiger partial charge in [-0.3, -0.25) is 0 Å². The summed E-state index contributed by atoms with van der Waals surface area (Å²) in [5.41, 5.74) is 7.09. The molecule has 0 heterocycles. The predicted molar refractivity (Wildman–Crippen MR) is 137 cm³/mol. The Morgan fingerprint density at radius 2 is 0.848 bits per heavy atom. The first kappa shape index (κ1) is 22.7. The van der Waals surface area contributed by atoms with Crippen LogP contribution >= 0.6 is 0 Å². The molecule has 0 amide bonds. The molecule has 0 radical (unpaired) electrons. The van der Waals surface area contributed by atoms with Gasteiger partial charge in [0.15, 0.2) is 0 Å². The fourth-order valence-corrected chi connectivity index (χ4v) is 4.13. The molecule has 4 aromatic carbocycles. The minimum atomic E-state index is -0.142. The third-order valence-corrected chi connectivity index (χ3v) is 6.27. The molecule has 4 rings (SSSR count). The van der Waals surface area contributed by atoms with Crippen molar-refractivity contribution in [3.05, 3.63) is 118 Å². The van der Waals surface area contributed by atoms with Crippen LogP contribution in [0.15, 0.2) is 84.9 Å². The van der Waals surface area contributed by atoms with Crippen LogP contribution in [0.5, 0.6) is 23.0 Å². The molecular weight excluding hydrogens is 404 g/mol. The molecule has 0 aliphatic carbocycles. The van der Waals surface area contributed by atoms with Gasteiger partial charge in [-0.25, -0.2) is 0 Å². The maximum atomic E-state index is 6.11.